The van der Waals surface area contributed by atoms with Crippen LogP contribution in [0.2, 0.25) is 0 Å². The van der Waals surface area contributed by atoms with E-state index in [1.54, 1.807) is 31.4 Å². The van der Waals surface area contributed by atoms with Gasteiger partial charge in [0.05, 0.1) is 37.1 Å². The monoisotopic (exact) mass is 1340 g/mol. The fourth-order valence-corrected chi connectivity index (χ4v) is 12.2. The average Bonchev–Trinajstić information content (AvgIpc) is 1.59. The molecule has 510 valence electrons. The van der Waals surface area contributed by atoms with Crippen LogP contribution in [0.1, 0.15) is 85.8 Å². The number of rotatable bonds is 23. The smallest absolute Gasteiger partial charge is 0.691 e. The molecule has 4 aliphatic heterocycles. The molecule has 4 fully saturated rings. The predicted molar refractivity (Wildman–Crippen MR) is 332 cm³/mol. The molecule has 7 amide bonds. The maximum atomic E-state index is 14.7. The summed E-state index contributed by atoms with van der Waals surface area (Å²) < 4.78 is 20.5. The summed E-state index contributed by atoms with van der Waals surface area (Å²) >= 11 is 0.0105. The third-order valence-electron chi connectivity index (χ3n) is 17.0. The summed E-state index contributed by atoms with van der Waals surface area (Å²) in [5.74, 6) is -8.67. The SMILES string of the molecule is [C-]#[N+]C[C@@H](O)[C@@H]1NC(=O)C([C@H](O)Cc2ccc(O)c(OSOO[O-])c2)NC(=O)C2CC(O)CN2C(=O)C(C(C)O)NC(=O)[C@@H](NC(=O)c2ccc(N3CCN(c4cc(C)c(OCCCCCCCOC)c(C)c4)CC3)cc2)C[C@H](O)CNC(=O)C2[C@@H](O)C(C)CN2C1=O.[Na+]. The molecule has 4 saturated heterocycles. The summed E-state index contributed by atoms with van der Waals surface area (Å²) in [7, 11) is 1.71. The van der Waals surface area contributed by atoms with Crippen molar-refractivity contribution >= 4 is 65.0 Å². The largest absolute Gasteiger partial charge is 1.00 e. The van der Waals surface area contributed by atoms with E-state index in [2.05, 4.69) is 62.7 Å². The molecule has 3 aromatic rings. The minimum absolute atomic E-state index is 0. The number of carbonyl (C=O) groups is 7. The number of phenolic OH excluding ortho intramolecular Hbond substituents is 1. The number of β-amino-alcohol motifs (C(OH)–C–C–N with tert-alkyl or cyclic N) is 1. The van der Waals surface area contributed by atoms with Crippen LogP contribution in [-0.4, -0.2) is 232 Å². The van der Waals surface area contributed by atoms with Gasteiger partial charge in [0.1, 0.15) is 42.0 Å². The van der Waals surface area contributed by atoms with Gasteiger partial charge in [0.2, 0.25) is 42.0 Å². The number of benzene rings is 3. The van der Waals surface area contributed by atoms with Crippen molar-refractivity contribution in [3.63, 3.8) is 0 Å². The van der Waals surface area contributed by atoms with Gasteiger partial charge in [-0.1, -0.05) is 32.3 Å². The van der Waals surface area contributed by atoms with E-state index >= 15 is 0 Å². The molecule has 4 aliphatic rings. The zero-order valence-corrected chi connectivity index (χ0v) is 56.3. The Labute approximate surface area is 571 Å². The van der Waals surface area contributed by atoms with Crippen molar-refractivity contribution in [1.82, 2.24) is 36.4 Å². The number of aliphatic hydroxyl groups excluding tert-OH is 6. The van der Waals surface area contributed by atoms with E-state index < -0.39 is 165 Å². The average molecular weight is 1350 g/mol. The van der Waals surface area contributed by atoms with Crippen molar-refractivity contribution in [2.45, 2.75) is 152 Å². The van der Waals surface area contributed by atoms with Crippen molar-refractivity contribution < 1.29 is 127 Å². The van der Waals surface area contributed by atoms with E-state index in [0.717, 1.165) is 95.8 Å². The van der Waals surface area contributed by atoms with Crippen molar-refractivity contribution in [1.29, 1.82) is 0 Å². The number of amides is 7. The topological polar surface area (TPSA) is 408 Å². The van der Waals surface area contributed by atoms with Gasteiger partial charge in [0.25, 0.3) is 18.2 Å². The van der Waals surface area contributed by atoms with E-state index in [4.69, 9.17) is 20.2 Å². The summed E-state index contributed by atoms with van der Waals surface area (Å²) in [5, 5.41) is 104. The molecule has 94 heavy (non-hydrogen) atoms. The summed E-state index contributed by atoms with van der Waals surface area (Å²) in [4.78, 5) is 111. The van der Waals surface area contributed by atoms with E-state index in [1.807, 2.05) is 13.8 Å². The Balaban J connectivity index is 0.0000140. The molecule has 3 aromatic carbocycles. The third-order valence-corrected chi connectivity index (χ3v) is 17.4. The first-order valence-corrected chi connectivity index (χ1v) is 31.6. The number of aromatic hydroxyl groups is 1. The Morgan fingerprint density at radius 1 is 0.755 bits per heavy atom. The maximum absolute atomic E-state index is 14.7. The first-order valence-electron chi connectivity index (χ1n) is 30.9. The van der Waals surface area contributed by atoms with Crippen LogP contribution in [0.4, 0.5) is 11.4 Å². The van der Waals surface area contributed by atoms with E-state index in [-0.39, 0.29) is 65.3 Å². The van der Waals surface area contributed by atoms with E-state index in [9.17, 15) is 74.6 Å². The Morgan fingerprint density at radius 3 is 2.01 bits per heavy atom. The number of nitrogens with zero attached hydrogens (tertiary/aromatic N) is 5. The van der Waals surface area contributed by atoms with E-state index in [1.165, 1.54) is 13.0 Å². The van der Waals surface area contributed by atoms with Gasteiger partial charge in [-0.3, -0.25) is 38.6 Å². The Hall–Kier alpha value is -6.61. The number of aryl methyl sites for hydroxylation is 2. The maximum Gasteiger partial charge on any atom is 1.00 e. The van der Waals surface area contributed by atoms with Gasteiger partial charge in [0.15, 0.2) is 17.6 Å². The van der Waals surface area contributed by atoms with Gasteiger partial charge < -0.3 is 106 Å². The molecule has 32 heteroatoms. The van der Waals surface area contributed by atoms with Crippen molar-refractivity contribution in [2.24, 2.45) is 5.92 Å². The fraction of sp³-hybridized carbons (Fsp3) is 0.581. The normalized spacial score (nSPS) is 25.2. The first kappa shape index (κ1) is 76.4. The number of anilines is 2. The minimum atomic E-state index is -2.15. The molecule has 0 aliphatic carbocycles. The van der Waals surface area contributed by atoms with Gasteiger partial charge in [-0.05, 0) is 98.8 Å². The molecule has 13 atom stereocenters. The van der Waals surface area contributed by atoms with Crippen LogP contribution in [-0.2, 0) is 49.3 Å². The van der Waals surface area contributed by atoms with Crippen molar-refractivity contribution in [3.8, 4) is 17.2 Å². The first-order chi connectivity index (χ1) is 44.4. The molecule has 4 heterocycles. The van der Waals surface area contributed by atoms with Gasteiger partial charge in [0, 0.05) is 102 Å². The van der Waals surface area contributed by atoms with Gasteiger partial charge in [-0.15, -0.1) is 4.33 Å². The molecule has 0 radical (unpaired) electrons. The van der Waals surface area contributed by atoms with Gasteiger partial charge in [-0.25, -0.2) is 6.57 Å². The molecule has 0 spiro atoms. The van der Waals surface area contributed by atoms with Crippen LogP contribution in [0.15, 0.2) is 54.6 Å². The molecule has 0 aromatic heterocycles. The predicted octanol–water partition coefficient (Wildman–Crippen LogP) is -4.65. The molecular weight excluding hydrogens is 1260 g/mol. The number of unbranched alkanes of at least 4 members (excludes halogenated alkanes) is 4. The molecule has 7 unspecified atom stereocenters. The fourth-order valence-electron chi connectivity index (χ4n) is 12.0. The molecule has 0 saturated carbocycles. The standard InChI is InChI=1S/C62H86N10O20S.Na/c1-34-24-41(25-35(2)55(34)89-23-11-9-7-8-10-22-88-6)70-20-18-69(19-21-70)40-15-13-39(14-16-40)56(80)65-44-28-42(74)30-64-60(84)53-54(79)36(3)32-72(53)62(86)52(48(78)31-63-5)68-59(83)51(47(77)26-38-12-17-46(76)49(27-38)90-93-92-91-87)67-58(82)45-29-43(75)33-71(45)61(85)50(37(4)73)66-57(44)81;/h12-17,24-25,27,36-37,42-45,47-48,50-54,73-79,87H,7-11,18-23,26,28-33H2,1-4,6H3,(H,64,84)(H,65,80)(H,66,81)(H,67,82)(H,68,83);/q;+1/p-1/t36?,37?,42-,43?,44-,45?,47+,48+,50?,51?,52-,53?,54-;/m0./s1. The zero-order chi connectivity index (χ0) is 67.6. The van der Waals surface area contributed by atoms with Crippen molar-refractivity contribution in [2.75, 3.05) is 82.5 Å². The summed E-state index contributed by atoms with van der Waals surface area (Å²) in [6.07, 6.45) is -6.87. The van der Waals surface area contributed by atoms with Crippen LogP contribution >= 0.6 is 12.3 Å². The summed E-state index contributed by atoms with van der Waals surface area (Å²) in [6, 6.07) is 2.99. The number of carbonyl (C=O) groups excluding carboxylic acids is 7. The summed E-state index contributed by atoms with van der Waals surface area (Å²) in [6.45, 7) is 15.9. The van der Waals surface area contributed by atoms with Crippen LogP contribution in [0, 0.1) is 26.3 Å². The second kappa shape index (κ2) is 36.5. The third kappa shape index (κ3) is 20.2. The quantitative estimate of drug-likeness (QED) is 0.0106. The molecule has 30 nitrogen and oxygen atoms in total. The van der Waals surface area contributed by atoms with Gasteiger partial charge in [-0.2, -0.15) is 0 Å². The molecule has 7 rings (SSSR count). The molecule has 12 N–H and O–H groups in total. The minimum Gasteiger partial charge on any atom is -0.691 e. The Morgan fingerprint density at radius 2 is 1.37 bits per heavy atom. The molecule has 0 bridgehead atoms. The van der Waals surface area contributed by atoms with Crippen molar-refractivity contribution in [3.05, 3.63) is 88.3 Å². The number of methoxy groups -OCH3 is 1. The number of nitrogens with one attached hydrogen (secondary N) is 5. The number of piperazine rings is 1. The number of fused-ring (bicyclic) bond motifs is 2. The second-order valence-electron chi connectivity index (χ2n) is 24.0. The number of hydrogen-bond donors (Lipinski definition) is 12. The number of hydrogen-bond acceptors (Lipinski definition) is 23. The van der Waals surface area contributed by atoms with Crippen LogP contribution in [0.25, 0.3) is 4.85 Å². The van der Waals surface area contributed by atoms with Crippen LogP contribution < -0.4 is 80.1 Å². The number of aliphatic hydroxyl groups is 6. The molecular formula is C62H85N10NaO20S. The van der Waals surface area contributed by atoms with E-state index in [0.29, 0.717) is 32.8 Å². The number of phenols is 1. The summed E-state index contributed by atoms with van der Waals surface area (Å²) in [5.41, 5.74) is 4.18. The van der Waals surface area contributed by atoms with Crippen LogP contribution in [0.5, 0.6) is 17.2 Å². The van der Waals surface area contributed by atoms with Gasteiger partial charge >= 0.3 is 29.6 Å². The van der Waals surface area contributed by atoms with Crippen LogP contribution in [0.3, 0.4) is 0 Å². The zero-order valence-electron chi connectivity index (χ0n) is 53.5. The second-order valence-corrected chi connectivity index (χ2v) is 24.4. The number of ether oxygens (including phenoxy) is 2. The Kier molecular flexibility index (Phi) is 29.7. The Bertz CT molecular complexity index is 3080.